The van der Waals surface area contributed by atoms with Crippen molar-refractivity contribution in [2.45, 2.75) is 32.9 Å². The maximum absolute atomic E-state index is 13.7. The molecule has 0 spiro atoms. The fourth-order valence-corrected chi connectivity index (χ4v) is 2.42. The van der Waals surface area contributed by atoms with Crippen LogP contribution in [0.5, 0.6) is 0 Å². The van der Waals surface area contributed by atoms with Crippen molar-refractivity contribution in [2.75, 3.05) is 13.1 Å². The average Bonchev–Trinajstić information content (AvgIpc) is 2.36. The Morgan fingerprint density at radius 2 is 2.10 bits per heavy atom. The van der Waals surface area contributed by atoms with Crippen molar-refractivity contribution in [1.29, 1.82) is 0 Å². The van der Waals surface area contributed by atoms with E-state index in [0.717, 1.165) is 23.0 Å². The van der Waals surface area contributed by atoms with Crippen molar-refractivity contribution in [1.82, 2.24) is 9.88 Å². The molecule has 4 heteroatoms. The van der Waals surface area contributed by atoms with Crippen LogP contribution in [-0.2, 0) is 6.54 Å². The predicted molar refractivity (Wildman–Crippen MR) is 78.9 cm³/mol. The van der Waals surface area contributed by atoms with Gasteiger partial charge in [-0.05, 0) is 44.2 Å². The second kappa shape index (κ2) is 5.85. The quantitative estimate of drug-likeness (QED) is 0.912. The first kappa shape index (κ1) is 14.9. The van der Waals surface area contributed by atoms with Crippen LogP contribution in [0.3, 0.4) is 0 Å². The Labute approximate surface area is 119 Å². The second-order valence-corrected chi connectivity index (χ2v) is 5.76. The fraction of sp³-hybridized carbons (Fsp3) is 0.438. The molecule has 0 aliphatic heterocycles. The molecule has 1 aromatic heterocycles. The first-order chi connectivity index (χ1) is 9.39. The molecule has 20 heavy (non-hydrogen) atoms. The minimum atomic E-state index is -0.771. The van der Waals surface area contributed by atoms with Gasteiger partial charge in [-0.2, -0.15) is 0 Å². The van der Waals surface area contributed by atoms with Crippen LogP contribution in [0.4, 0.5) is 4.39 Å². The first-order valence-corrected chi connectivity index (χ1v) is 6.87. The van der Waals surface area contributed by atoms with E-state index in [-0.39, 0.29) is 5.82 Å². The highest BCUT2D eigenvalue weighted by atomic mass is 19.1. The number of rotatable bonds is 5. The minimum Gasteiger partial charge on any atom is -0.389 e. The number of fused-ring (bicyclic) bond motifs is 1. The van der Waals surface area contributed by atoms with Crippen molar-refractivity contribution in [3.8, 4) is 0 Å². The lowest BCUT2D eigenvalue weighted by atomic mass is 10.1. The van der Waals surface area contributed by atoms with E-state index in [1.54, 1.807) is 26.1 Å². The highest BCUT2D eigenvalue weighted by Gasteiger charge is 2.18. The number of benzene rings is 1. The second-order valence-electron chi connectivity index (χ2n) is 5.76. The number of pyridine rings is 1. The molecule has 2 aromatic rings. The van der Waals surface area contributed by atoms with E-state index in [0.29, 0.717) is 13.1 Å². The van der Waals surface area contributed by atoms with Crippen LogP contribution in [0, 0.1) is 5.82 Å². The highest BCUT2D eigenvalue weighted by molar-refractivity contribution is 5.81. The van der Waals surface area contributed by atoms with Gasteiger partial charge in [0.15, 0.2) is 0 Å². The van der Waals surface area contributed by atoms with E-state index in [2.05, 4.69) is 9.88 Å². The van der Waals surface area contributed by atoms with Gasteiger partial charge < -0.3 is 5.11 Å². The normalized spacial score (nSPS) is 12.3. The van der Waals surface area contributed by atoms with Gasteiger partial charge >= 0.3 is 0 Å². The Bertz CT molecular complexity index is 593. The molecule has 0 atom stereocenters. The monoisotopic (exact) mass is 276 g/mol. The zero-order valence-electron chi connectivity index (χ0n) is 12.2. The van der Waals surface area contributed by atoms with Crippen LogP contribution in [0.2, 0.25) is 0 Å². The molecule has 0 aliphatic carbocycles. The summed E-state index contributed by atoms with van der Waals surface area (Å²) in [6, 6.07) is 6.70. The predicted octanol–water partition coefficient (Wildman–Crippen LogP) is 2.97. The van der Waals surface area contributed by atoms with Gasteiger partial charge in [-0.1, -0.05) is 13.0 Å². The van der Waals surface area contributed by atoms with E-state index in [1.165, 1.54) is 12.1 Å². The molecule has 0 unspecified atom stereocenters. The summed E-state index contributed by atoms with van der Waals surface area (Å²) in [5, 5.41) is 10.7. The Morgan fingerprint density at radius 3 is 2.75 bits per heavy atom. The van der Waals surface area contributed by atoms with Crippen LogP contribution in [0.15, 0.2) is 30.5 Å². The van der Waals surface area contributed by atoms with Crippen LogP contribution in [0.1, 0.15) is 26.3 Å². The lowest BCUT2D eigenvalue weighted by Crippen LogP contribution is -2.38. The topological polar surface area (TPSA) is 36.4 Å². The molecule has 1 heterocycles. The van der Waals surface area contributed by atoms with E-state index < -0.39 is 5.60 Å². The summed E-state index contributed by atoms with van der Waals surface area (Å²) < 4.78 is 13.7. The van der Waals surface area contributed by atoms with Gasteiger partial charge in [0.25, 0.3) is 0 Å². The third kappa shape index (κ3) is 3.74. The van der Waals surface area contributed by atoms with Crippen molar-refractivity contribution in [2.24, 2.45) is 0 Å². The average molecular weight is 276 g/mol. The summed E-state index contributed by atoms with van der Waals surface area (Å²) >= 11 is 0. The Hall–Kier alpha value is -1.52. The molecule has 3 nitrogen and oxygen atoms in total. The summed E-state index contributed by atoms with van der Waals surface area (Å²) in [5.41, 5.74) is 0.904. The smallest absolute Gasteiger partial charge is 0.124 e. The maximum atomic E-state index is 13.7. The summed E-state index contributed by atoms with van der Waals surface area (Å²) in [6.45, 7) is 7.48. The molecule has 0 amide bonds. The number of hydrogen-bond donors (Lipinski definition) is 1. The van der Waals surface area contributed by atoms with E-state index in [9.17, 15) is 9.50 Å². The van der Waals surface area contributed by atoms with Gasteiger partial charge in [0, 0.05) is 24.7 Å². The van der Waals surface area contributed by atoms with Crippen molar-refractivity contribution in [3.63, 3.8) is 0 Å². The molecule has 0 radical (unpaired) electrons. The van der Waals surface area contributed by atoms with Crippen molar-refractivity contribution >= 4 is 10.9 Å². The van der Waals surface area contributed by atoms with Crippen LogP contribution >= 0.6 is 0 Å². The third-order valence-corrected chi connectivity index (χ3v) is 3.20. The standard InChI is InChI=1S/C16H21FN2O/c1-4-19(11-16(2,3)20)10-13-9-14(17)8-12-6-5-7-18-15(12)13/h5-9,20H,4,10-11H2,1-3H3. The number of hydrogen-bond acceptors (Lipinski definition) is 3. The molecule has 1 aromatic carbocycles. The first-order valence-electron chi connectivity index (χ1n) is 6.87. The SMILES string of the molecule is CCN(Cc1cc(F)cc2cccnc12)CC(C)(C)O. The molecule has 0 saturated carbocycles. The van der Waals surface area contributed by atoms with Gasteiger partial charge in [0.1, 0.15) is 5.82 Å². The molecular formula is C16H21FN2O. The van der Waals surface area contributed by atoms with Gasteiger partial charge in [-0.15, -0.1) is 0 Å². The number of aliphatic hydroxyl groups is 1. The van der Waals surface area contributed by atoms with Crippen LogP contribution in [0.25, 0.3) is 10.9 Å². The Balaban J connectivity index is 2.32. The van der Waals surface area contributed by atoms with Gasteiger partial charge in [-0.25, -0.2) is 4.39 Å². The van der Waals surface area contributed by atoms with Gasteiger partial charge in [0.2, 0.25) is 0 Å². The van der Waals surface area contributed by atoms with Crippen LogP contribution in [-0.4, -0.2) is 33.7 Å². The van der Waals surface area contributed by atoms with E-state index in [1.807, 2.05) is 13.0 Å². The largest absolute Gasteiger partial charge is 0.389 e. The van der Waals surface area contributed by atoms with Gasteiger partial charge in [0.05, 0.1) is 11.1 Å². The van der Waals surface area contributed by atoms with Crippen LogP contribution < -0.4 is 0 Å². The zero-order chi connectivity index (χ0) is 14.8. The Morgan fingerprint density at radius 1 is 1.35 bits per heavy atom. The molecule has 108 valence electrons. The lowest BCUT2D eigenvalue weighted by molar-refractivity contribution is 0.0354. The minimum absolute atomic E-state index is 0.250. The molecule has 0 saturated heterocycles. The number of nitrogens with zero attached hydrogens (tertiary/aromatic N) is 2. The van der Waals surface area contributed by atoms with E-state index in [4.69, 9.17) is 0 Å². The van der Waals surface area contributed by atoms with Crippen molar-refractivity contribution in [3.05, 3.63) is 41.8 Å². The molecule has 0 bridgehead atoms. The van der Waals surface area contributed by atoms with Crippen molar-refractivity contribution < 1.29 is 9.50 Å². The summed E-state index contributed by atoms with van der Waals surface area (Å²) in [4.78, 5) is 6.44. The molecule has 0 fully saturated rings. The third-order valence-electron chi connectivity index (χ3n) is 3.20. The summed E-state index contributed by atoms with van der Waals surface area (Å²) in [7, 11) is 0. The number of halogens is 1. The number of aromatic nitrogens is 1. The molecular weight excluding hydrogens is 255 g/mol. The lowest BCUT2D eigenvalue weighted by Gasteiger charge is -2.28. The number of likely N-dealkylation sites (N-methyl/N-ethyl adjacent to an activating group) is 1. The molecule has 1 N–H and O–H groups in total. The molecule has 2 rings (SSSR count). The summed E-state index contributed by atoms with van der Waals surface area (Å²) in [6.07, 6.45) is 1.72. The fourth-order valence-electron chi connectivity index (χ4n) is 2.42. The maximum Gasteiger partial charge on any atom is 0.124 e. The van der Waals surface area contributed by atoms with Gasteiger partial charge in [-0.3, -0.25) is 9.88 Å². The Kier molecular flexibility index (Phi) is 4.35. The highest BCUT2D eigenvalue weighted by Crippen LogP contribution is 2.20. The van der Waals surface area contributed by atoms with E-state index >= 15 is 0 Å². The zero-order valence-corrected chi connectivity index (χ0v) is 12.2. The summed E-state index contributed by atoms with van der Waals surface area (Å²) in [5.74, 6) is -0.250. The molecule has 0 aliphatic rings.